The van der Waals surface area contributed by atoms with Gasteiger partial charge in [-0.2, -0.15) is 13.2 Å². The monoisotopic (exact) mass is 503 g/mol. The molecule has 1 atom stereocenters. The smallest absolute Gasteiger partial charge is 0.475 e. The molecule has 9 nitrogen and oxygen atoms in total. The molecule has 1 spiro atoms. The molecule has 0 aromatic carbocycles. The highest BCUT2D eigenvalue weighted by Crippen LogP contribution is 2.47. The lowest BCUT2D eigenvalue weighted by Gasteiger charge is -2.46. The van der Waals surface area contributed by atoms with Gasteiger partial charge >= 0.3 is 12.1 Å². The first-order valence-electron chi connectivity index (χ1n) is 11.1. The van der Waals surface area contributed by atoms with Crippen LogP contribution in [0.25, 0.3) is 5.82 Å². The predicted octanol–water partition coefficient (Wildman–Crippen LogP) is 3.86. The molecule has 3 aromatic heterocycles. The third kappa shape index (κ3) is 4.12. The molecule has 0 bridgehead atoms. The highest BCUT2D eigenvalue weighted by molar-refractivity contribution is 5.96. The Bertz CT molecular complexity index is 1300. The van der Waals surface area contributed by atoms with Crippen molar-refractivity contribution in [3.05, 3.63) is 72.0 Å². The van der Waals surface area contributed by atoms with E-state index in [4.69, 9.17) is 14.4 Å². The molecule has 5 rings (SSSR count). The number of likely N-dealkylation sites (tertiary alicyclic amines) is 1. The molecule has 0 aliphatic carbocycles. The number of alkyl halides is 3. The van der Waals surface area contributed by atoms with Gasteiger partial charge < -0.3 is 24.0 Å². The van der Waals surface area contributed by atoms with Gasteiger partial charge in [-0.15, -0.1) is 6.58 Å². The number of pyridine rings is 1. The summed E-state index contributed by atoms with van der Waals surface area (Å²) >= 11 is 0. The maximum Gasteiger partial charge on any atom is 0.490 e. The Morgan fingerprint density at radius 3 is 2.61 bits per heavy atom. The number of fused-ring (bicyclic) bond motifs is 4. The number of nitrogens with zero attached hydrogens (tertiary/aromatic N) is 5. The highest BCUT2D eigenvalue weighted by Gasteiger charge is 2.51. The first-order chi connectivity index (χ1) is 17.0. The number of hydrogen-bond acceptors (Lipinski definition) is 6. The zero-order chi connectivity index (χ0) is 26.3. The molecule has 1 saturated heterocycles. The van der Waals surface area contributed by atoms with Crippen molar-refractivity contribution in [2.75, 3.05) is 24.5 Å². The summed E-state index contributed by atoms with van der Waals surface area (Å²) in [5.74, 6) is -1.30. The summed E-state index contributed by atoms with van der Waals surface area (Å²) in [5, 5.41) is 11.1. The Morgan fingerprint density at radius 1 is 1.28 bits per heavy atom. The Balaban J connectivity index is 0.000000384. The van der Waals surface area contributed by atoms with E-state index in [0.717, 1.165) is 23.6 Å². The summed E-state index contributed by atoms with van der Waals surface area (Å²) in [5.41, 5.74) is 3.09. The van der Waals surface area contributed by atoms with Crippen molar-refractivity contribution in [1.82, 2.24) is 19.6 Å². The Hall–Kier alpha value is -4.09. The number of hydrogen-bond donors (Lipinski definition) is 1. The maximum atomic E-state index is 13.3. The van der Waals surface area contributed by atoms with Crippen LogP contribution in [0.2, 0.25) is 0 Å². The van der Waals surface area contributed by atoms with E-state index in [1.165, 1.54) is 0 Å². The zero-order valence-electron chi connectivity index (χ0n) is 19.6. The van der Waals surface area contributed by atoms with E-state index < -0.39 is 12.1 Å². The standard InChI is InChI=1S/C22H23N5O2.C2HF3O2/c1-4-11-27-17-7-5-10-23-20(17)26-12-6-8-18(26)22(27)9-13-25(14-22)21(28)19-15(2)24-29-16(19)3;3-2(4,5)1(6)7/h4-8,10,12H,1,9,11,13-14H2,2-3H3;(H,6,7). The molecule has 2 aliphatic heterocycles. The summed E-state index contributed by atoms with van der Waals surface area (Å²) in [6.45, 7) is 9.50. The SMILES string of the molecule is C=CCN1c2cccnc2-n2cccc2C12CCN(C(=O)c1c(C)noc1C)C2.O=C(O)C(F)(F)F. The van der Waals surface area contributed by atoms with Gasteiger partial charge in [0.25, 0.3) is 5.91 Å². The number of halogens is 3. The summed E-state index contributed by atoms with van der Waals surface area (Å²) < 4.78 is 39.1. The Labute approximate surface area is 204 Å². The average molecular weight is 503 g/mol. The van der Waals surface area contributed by atoms with Gasteiger partial charge in [0, 0.05) is 32.0 Å². The van der Waals surface area contributed by atoms with Crippen LogP contribution in [-0.4, -0.2) is 62.4 Å². The van der Waals surface area contributed by atoms with Crippen molar-refractivity contribution in [2.45, 2.75) is 32.0 Å². The second kappa shape index (κ2) is 9.17. The third-order valence-corrected chi connectivity index (χ3v) is 6.36. The molecule has 1 unspecified atom stereocenters. The number of anilines is 1. The number of carboxylic acid groups (broad SMARTS) is 1. The minimum atomic E-state index is -5.08. The molecule has 1 N–H and O–H groups in total. The fourth-order valence-electron chi connectivity index (χ4n) is 4.84. The summed E-state index contributed by atoms with van der Waals surface area (Å²) in [6.07, 6.45) is 1.52. The van der Waals surface area contributed by atoms with Crippen molar-refractivity contribution in [3.8, 4) is 5.82 Å². The summed E-state index contributed by atoms with van der Waals surface area (Å²) in [6, 6.07) is 8.23. The van der Waals surface area contributed by atoms with Gasteiger partial charge in [0.1, 0.15) is 16.9 Å². The van der Waals surface area contributed by atoms with Crippen molar-refractivity contribution < 1.29 is 32.4 Å². The lowest BCUT2D eigenvalue weighted by molar-refractivity contribution is -0.192. The molecule has 1 fully saturated rings. The number of amides is 1. The van der Waals surface area contributed by atoms with Crippen LogP contribution in [0.3, 0.4) is 0 Å². The minimum absolute atomic E-state index is 0.0215. The molecule has 3 aromatic rings. The van der Waals surface area contributed by atoms with Crippen LogP contribution in [0.1, 0.15) is 33.9 Å². The second-order valence-corrected chi connectivity index (χ2v) is 8.52. The Kier molecular flexibility index (Phi) is 6.37. The minimum Gasteiger partial charge on any atom is -0.475 e. The average Bonchev–Trinajstić information content (AvgIpc) is 3.56. The van der Waals surface area contributed by atoms with Crippen molar-refractivity contribution in [1.29, 1.82) is 0 Å². The largest absolute Gasteiger partial charge is 0.490 e. The van der Waals surface area contributed by atoms with Crippen LogP contribution < -0.4 is 4.90 Å². The second-order valence-electron chi connectivity index (χ2n) is 8.52. The van der Waals surface area contributed by atoms with Crippen LogP contribution in [0.15, 0.2) is 53.8 Å². The number of aromatic nitrogens is 3. The highest BCUT2D eigenvalue weighted by atomic mass is 19.4. The van der Waals surface area contributed by atoms with Crippen LogP contribution in [0, 0.1) is 13.8 Å². The van der Waals surface area contributed by atoms with Gasteiger partial charge in [-0.05, 0) is 44.5 Å². The van der Waals surface area contributed by atoms with E-state index >= 15 is 0 Å². The number of carboxylic acids is 1. The molecule has 2 aliphatic rings. The predicted molar refractivity (Wildman–Crippen MR) is 123 cm³/mol. The molecule has 190 valence electrons. The molecule has 0 saturated carbocycles. The molecule has 1 amide bonds. The molecule has 0 radical (unpaired) electrons. The van der Waals surface area contributed by atoms with Gasteiger partial charge in [0.2, 0.25) is 0 Å². The van der Waals surface area contributed by atoms with E-state index in [0.29, 0.717) is 36.7 Å². The fourth-order valence-corrected chi connectivity index (χ4v) is 4.84. The van der Waals surface area contributed by atoms with E-state index in [9.17, 15) is 18.0 Å². The van der Waals surface area contributed by atoms with Gasteiger partial charge in [-0.25, -0.2) is 9.78 Å². The molecular weight excluding hydrogens is 479 g/mol. The van der Waals surface area contributed by atoms with Crippen molar-refractivity contribution in [3.63, 3.8) is 0 Å². The first-order valence-corrected chi connectivity index (χ1v) is 11.1. The van der Waals surface area contributed by atoms with E-state index in [2.05, 4.69) is 38.3 Å². The first kappa shape index (κ1) is 25.0. The van der Waals surface area contributed by atoms with Gasteiger partial charge in [0.05, 0.1) is 17.1 Å². The van der Waals surface area contributed by atoms with Crippen LogP contribution in [0.4, 0.5) is 18.9 Å². The van der Waals surface area contributed by atoms with Crippen LogP contribution in [0.5, 0.6) is 0 Å². The number of carbonyl (C=O) groups is 2. The molecule has 5 heterocycles. The quantitative estimate of drug-likeness (QED) is 0.542. The molecule has 36 heavy (non-hydrogen) atoms. The lowest BCUT2D eigenvalue weighted by Crippen LogP contribution is -2.52. The molecular formula is C24H24F3N5O4. The van der Waals surface area contributed by atoms with E-state index in [-0.39, 0.29) is 11.4 Å². The lowest BCUT2D eigenvalue weighted by atomic mass is 9.89. The topological polar surface area (TPSA) is 105 Å². The van der Waals surface area contributed by atoms with E-state index in [1.807, 2.05) is 42.4 Å². The van der Waals surface area contributed by atoms with Gasteiger partial charge in [-0.1, -0.05) is 11.2 Å². The Morgan fingerprint density at radius 2 is 2.00 bits per heavy atom. The van der Waals surface area contributed by atoms with Crippen LogP contribution >= 0.6 is 0 Å². The summed E-state index contributed by atoms with van der Waals surface area (Å²) in [7, 11) is 0. The zero-order valence-corrected chi connectivity index (χ0v) is 19.6. The number of aryl methyl sites for hydroxylation is 2. The maximum absolute atomic E-state index is 13.3. The fraction of sp³-hybridized carbons (Fsp3) is 0.333. The number of carbonyl (C=O) groups excluding carboxylic acids is 1. The van der Waals surface area contributed by atoms with Gasteiger partial charge in [0.15, 0.2) is 5.82 Å². The van der Waals surface area contributed by atoms with Gasteiger partial charge in [-0.3, -0.25) is 4.79 Å². The number of rotatable bonds is 3. The third-order valence-electron chi connectivity index (χ3n) is 6.36. The number of aliphatic carboxylic acids is 1. The summed E-state index contributed by atoms with van der Waals surface area (Å²) in [4.78, 5) is 31.1. The van der Waals surface area contributed by atoms with E-state index in [1.54, 1.807) is 6.92 Å². The van der Waals surface area contributed by atoms with Crippen molar-refractivity contribution >= 4 is 17.6 Å². The normalized spacial score (nSPS) is 18.4. The van der Waals surface area contributed by atoms with Crippen molar-refractivity contribution in [2.24, 2.45) is 0 Å². The molecule has 12 heteroatoms. The van der Waals surface area contributed by atoms with Crippen LogP contribution in [-0.2, 0) is 10.3 Å².